The van der Waals surface area contributed by atoms with Crippen LogP contribution in [0.2, 0.25) is 0 Å². The number of nitrogens with zero attached hydrogens (tertiary/aromatic N) is 1. The van der Waals surface area contributed by atoms with E-state index in [1.54, 1.807) is 31.4 Å². The van der Waals surface area contributed by atoms with Crippen molar-refractivity contribution in [2.45, 2.75) is 32.8 Å². The Labute approximate surface area is 178 Å². The van der Waals surface area contributed by atoms with Crippen molar-refractivity contribution in [1.82, 2.24) is 5.32 Å². The lowest BCUT2D eigenvalue weighted by molar-refractivity contribution is -0.140. The molecule has 1 aromatic carbocycles. The maximum absolute atomic E-state index is 13.0. The van der Waals surface area contributed by atoms with Gasteiger partial charge >= 0.3 is 12.6 Å². The number of allylic oxidation sites excluding steroid dienone is 2. The molecule has 162 valence electrons. The van der Waals surface area contributed by atoms with Crippen LogP contribution in [0.25, 0.3) is 0 Å². The molecular weight excluding hydrogens is 414 g/mol. The number of ether oxygens (including phenoxy) is 3. The number of carbonyl (C=O) groups excluding carboxylic acids is 1. The minimum Gasteiger partial charge on any atom is -0.460 e. The van der Waals surface area contributed by atoms with Crippen LogP contribution in [0, 0.1) is 11.3 Å². The molecule has 30 heavy (non-hydrogen) atoms. The van der Waals surface area contributed by atoms with Gasteiger partial charge in [-0.05, 0) is 25.7 Å². The van der Waals surface area contributed by atoms with Crippen molar-refractivity contribution in [2.75, 3.05) is 26.1 Å². The van der Waals surface area contributed by atoms with Crippen molar-refractivity contribution in [3.05, 3.63) is 51.7 Å². The van der Waals surface area contributed by atoms with Gasteiger partial charge in [-0.1, -0.05) is 25.1 Å². The van der Waals surface area contributed by atoms with E-state index in [4.69, 9.17) is 9.47 Å². The number of benzene rings is 1. The molecule has 6 nitrogen and oxygen atoms in total. The SMILES string of the molecule is CCCOCCOC(=O)C1=C(C)NC(SC)=C(C#N)C1c1ccccc1OC(F)F. The van der Waals surface area contributed by atoms with Gasteiger partial charge in [-0.15, -0.1) is 11.8 Å². The Bertz CT molecular complexity index is 865. The summed E-state index contributed by atoms with van der Waals surface area (Å²) in [7, 11) is 0. The summed E-state index contributed by atoms with van der Waals surface area (Å²) in [5.41, 5.74) is 1.17. The van der Waals surface area contributed by atoms with Crippen LogP contribution in [-0.4, -0.2) is 38.7 Å². The summed E-state index contributed by atoms with van der Waals surface area (Å²) in [4.78, 5) is 12.9. The van der Waals surface area contributed by atoms with E-state index in [0.717, 1.165) is 6.42 Å². The van der Waals surface area contributed by atoms with Crippen molar-refractivity contribution >= 4 is 17.7 Å². The van der Waals surface area contributed by atoms with Crippen LogP contribution in [0.3, 0.4) is 0 Å². The van der Waals surface area contributed by atoms with E-state index in [2.05, 4.69) is 16.1 Å². The summed E-state index contributed by atoms with van der Waals surface area (Å²) < 4.78 is 41.2. The quantitative estimate of drug-likeness (QED) is 0.430. The number of para-hydroxylation sites is 1. The Balaban J connectivity index is 2.45. The summed E-state index contributed by atoms with van der Waals surface area (Å²) in [5.74, 6) is -1.65. The number of esters is 1. The Morgan fingerprint density at radius 1 is 1.30 bits per heavy atom. The second-order valence-electron chi connectivity index (χ2n) is 6.32. The highest BCUT2D eigenvalue weighted by atomic mass is 32.2. The first-order chi connectivity index (χ1) is 14.4. The van der Waals surface area contributed by atoms with Crippen LogP contribution in [0.1, 0.15) is 31.7 Å². The molecule has 1 unspecified atom stereocenters. The molecule has 0 fully saturated rings. The maximum atomic E-state index is 13.0. The zero-order chi connectivity index (χ0) is 22.1. The third kappa shape index (κ3) is 5.74. The van der Waals surface area contributed by atoms with Crippen LogP contribution in [0.4, 0.5) is 8.78 Å². The molecule has 0 amide bonds. The lowest BCUT2D eigenvalue weighted by Gasteiger charge is -2.29. The Morgan fingerprint density at radius 2 is 2.03 bits per heavy atom. The topological polar surface area (TPSA) is 80.6 Å². The number of halogens is 2. The summed E-state index contributed by atoms with van der Waals surface area (Å²) in [6.07, 6.45) is 2.62. The number of rotatable bonds is 10. The minimum absolute atomic E-state index is 0.0402. The van der Waals surface area contributed by atoms with E-state index in [-0.39, 0.29) is 35.7 Å². The molecule has 1 aromatic rings. The smallest absolute Gasteiger partial charge is 0.387 e. The minimum atomic E-state index is -3.04. The first kappa shape index (κ1) is 23.7. The Morgan fingerprint density at radius 3 is 2.67 bits per heavy atom. The molecule has 0 saturated carbocycles. The number of thioether (sulfide) groups is 1. The number of nitriles is 1. The molecule has 0 aliphatic carbocycles. The molecule has 1 heterocycles. The molecule has 9 heteroatoms. The molecule has 0 bridgehead atoms. The third-order valence-corrected chi connectivity index (χ3v) is 5.06. The first-order valence-corrected chi connectivity index (χ1v) is 10.6. The highest BCUT2D eigenvalue weighted by Gasteiger charge is 2.37. The lowest BCUT2D eigenvalue weighted by Crippen LogP contribution is -2.29. The van der Waals surface area contributed by atoms with Crippen LogP contribution in [0.5, 0.6) is 5.75 Å². The zero-order valence-electron chi connectivity index (χ0n) is 17.0. The van der Waals surface area contributed by atoms with Crippen molar-refractivity contribution < 1.29 is 27.8 Å². The summed E-state index contributed by atoms with van der Waals surface area (Å²) in [6, 6.07) is 8.24. The van der Waals surface area contributed by atoms with E-state index in [1.165, 1.54) is 17.8 Å². The standard InChI is InChI=1S/C21H24F2N2O4S/c1-4-9-27-10-11-28-20(26)17-13(2)25-19(30-3)15(12-24)18(17)14-7-5-6-8-16(14)29-21(22)23/h5-8,18,21,25H,4,9-11H2,1-3H3. The number of hydrogen-bond donors (Lipinski definition) is 1. The van der Waals surface area contributed by atoms with E-state index >= 15 is 0 Å². The van der Waals surface area contributed by atoms with Gasteiger partial charge in [0.2, 0.25) is 0 Å². The molecule has 1 aliphatic heterocycles. The number of carbonyl (C=O) groups is 1. The van der Waals surface area contributed by atoms with Crippen molar-refractivity contribution in [3.63, 3.8) is 0 Å². The fourth-order valence-electron chi connectivity index (χ4n) is 3.09. The maximum Gasteiger partial charge on any atom is 0.387 e. The van der Waals surface area contributed by atoms with Crippen molar-refractivity contribution in [3.8, 4) is 11.8 Å². The molecule has 1 aliphatic rings. The Kier molecular flexibility index (Phi) is 9.15. The second kappa shape index (κ2) is 11.6. The third-order valence-electron chi connectivity index (χ3n) is 4.33. The van der Waals surface area contributed by atoms with Gasteiger partial charge < -0.3 is 19.5 Å². The molecule has 0 saturated heterocycles. The van der Waals surface area contributed by atoms with Gasteiger partial charge in [0.25, 0.3) is 0 Å². The predicted molar refractivity (Wildman–Crippen MR) is 110 cm³/mol. The van der Waals surface area contributed by atoms with Crippen LogP contribution >= 0.6 is 11.8 Å². The molecule has 0 aromatic heterocycles. The average Bonchev–Trinajstić information content (AvgIpc) is 2.72. The Hall–Kier alpha value is -2.57. The van der Waals surface area contributed by atoms with Crippen LogP contribution in [0.15, 0.2) is 46.1 Å². The van der Waals surface area contributed by atoms with Crippen molar-refractivity contribution in [1.29, 1.82) is 5.26 Å². The first-order valence-electron chi connectivity index (χ1n) is 9.39. The molecule has 2 rings (SSSR count). The van der Waals surface area contributed by atoms with Gasteiger partial charge in [-0.2, -0.15) is 14.0 Å². The van der Waals surface area contributed by atoms with E-state index in [9.17, 15) is 18.8 Å². The number of alkyl halides is 2. The number of hydrogen-bond acceptors (Lipinski definition) is 7. The summed E-state index contributed by atoms with van der Waals surface area (Å²) >= 11 is 1.29. The highest BCUT2D eigenvalue weighted by Crippen LogP contribution is 2.43. The fourth-order valence-corrected chi connectivity index (χ4v) is 3.73. The monoisotopic (exact) mass is 438 g/mol. The number of nitrogens with one attached hydrogen (secondary N) is 1. The molecule has 0 spiro atoms. The van der Waals surface area contributed by atoms with E-state index in [0.29, 0.717) is 17.3 Å². The lowest BCUT2D eigenvalue weighted by atomic mass is 9.82. The van der Waals surface area contributed by atoms with Gasteiger partial charge in [0.05, 0.1) is 34.8 Å². The van der Waals surface area contributed by atoms with Gasteiger partial charge in [0, 0.05) is 17.9 Å². The second-order valence-corrected chi connectivity index (χ2v) is 7.14. The summed E-state index contributed by atoms with van der Waals surface area (Å²) in [5, 5.41) is 13.4. The van der Waals surface area contributed by atoms with E-state index < -0.39 is 18.5 Å². The fraction of sp³-hybridized carbons (Fsp3) is 0.429. The normalized spacial score (nSPS) is 16.4. The van der Waals surface area contributed by atoms with Crippen molar-refractivity contribution in [2.24, 2.45) is 0 Å². The number of dihydropyridines is 1. The molecular formula is C21H24F2N2O4S. The van der Waals surface area contributed by atoms with Gasteiger partial charge in [-0.3, -0.25) is 0 Å². The zero-order valence-corrected chi connectivity index (χ0v) is 17.9. The average molecular weight is 438 g/mol. The van der Waals surface area contributed by atoms with Gasteiger partial charge in [-0.25, -0.2) is 4.79 Å². The summed E-state index contributed by atoms with van der Waals surface area (Å²) in [6.45, 7) is 1.44. The van der Waals surface area contributed by atoms with Crippen LogP contribution in [-0.2, 0) is 14.3 Å². The van der Waals surface area contributed by atoms with Crippen LogP contribution < -0.4 is 10.1 Å². The molecule has 1 atom stereocenters. The predicted octanol–water partition coefficient (Wildman–Crippen LogP) is 4.32. The van der Waals surface area contributed by atoms with Gasteiger partial charge in [0.15, 0.2) is 0 Å². The highest BCUT2D eigenvalue weighted by molar-refractivity contribution is 8.02. The molecule has 0 radical (unpaired) electrons. The van der Waals surface area contributed by atoms with E-state index in [1.807, 2.05) is 6.92 Å². The van der Waals surface area contributed by atoms with Gasteiger partial charge in [0.1, 0.15) is 12.4 Å². The largest absolute Gasteiger partial charge is 0.460 e. The molecule has 1 N–H and O–H groups in total.